The molecule has 4 nitrogen and oxygen atoms in total. The third kappa shape index (κ3) is 1.82. The van der Waals surface area contributed by atoms with E-state index in [1.807, 2.05) is 25.1 Å². The maximum absolute atomic E-state index is 5.53. The van der Waals surface area contributed by atoms with Crippen LogP contribution in [0.5, 0.6) is 5.75 Å². The molecule has 2 rings (SSSR count). The number of rotatable bonds is 3. The van der Waals surface area contributed by atoms with Gasteiger partial charge in [0.2, 0.25) is 0 Å². The molecular formula is C11H13NO3. The molecule has 0 aliphatic carbocycles. The molecule has 0 saturated heterocycles. The molecule has 2 N–H and O–H groups in total. The van der Waals surface area contributed by atoms with Crippen molar-refractivity contribution >= 4 is 11.0 Å². The van der Waals surface area contributed by atoms with E-state index < -0.39 is 0 Å². The Morgan fingerprint density at radius 1 is 1.33 bits per heavy atom. The van der Waals surface area contributed by atoms with Crippen molar-refractivity contribution < 1.29 is 14.0 Å². The third-order valence-electron chi connectivity index (χ3n) is 2.24. The largest absolute Gasteiger partial charge is 0.493 e. The second kappa shape index (κ2) is 3.92. The fourth-order valence-corrected chi connectivity index (χ4v) is 1.64. The third-order valence-corrected chi connectivity index (χ3v) is 2.24. The molecule has 1 heterocycles. The molecule has 4 heteroatoms. The van der Waals surface area contributed by atoms with E-state index in [4.69, 9.17) is 15.1 Å². The van der Waals surface area contributed by atoms with Crippen LogP contribution in [0.25, 0.3) is 11.0 Å². The molecule has 0 fully saturated rings. The number of methoxy groups -OCH3 is 1. The minimum Gasteiger partial charge on any atom is -0.493 e. The Labute approximate surface area is 87.5 Å². The average Bonchev–Trinajstić information content (AvgIpc) is 2.57. The first-order chi connectivity index (χ1) is 7.24. The van der Waals surface area contributed by atoms with Crippen LogP contribution in [0.1, 0.15) is 11.3 Å². The quantitative estimate of drug-likeness (QED) is 0.783. The van der Waals surface area contributed by atoms with Crippen LogP contribution in [0.4, 0.5) is 0 Å². The topological polar surface area (TPSA) is 57.6 Å². The van der Waals surface area contributed by atoms with Gasteiger partial charge in [0.15, 0.2) is 11.3 Å². The monoisotopic (exact) mass is 207 g/mol. The molecule has 2 aromatic rings. The maximum atomic E-state index is 5.53. The van der Waals surface area contributed by atoms with Crippen LogP contribution < -0.4 is 10.6 Å². The number of ether oxygens (including phenoxy) is 1. The summed E-state index contributed by atoms with van der Waals surface area (Å²) in [5.41, 5.74) is 1.72. The first kappa shape index (κ1) is 10.0. The molecular weight excluding hydrogens is 194 g/mol. The fourth-order valence-electron chi connectivity index (χ4n) is 1.64. The van der Waals surface area contributed by atoms with Gasteiger partial charge in [0.1, 0.15) is 5.76 Å². The van der Waals surface area contributed by atoms with Crippen molar-refractivity contribution in [3.63, 3.8) is 0 Å². The van der Waals surface area contributed by atoms with E-state index in [0.717, 1.165) is 22.3 Å². The van der Waals surface area contributed by atoms with Gasteiger partial charge in [0.05, 0.1) is 13.7 Å². The Hall–Kier alpha value is -1.52. The highest BCUT2D eigenvalue weighted by atomic mass is 16.6. The van der Waals surface area contributed by atoms with Crippen LogP contribution in [0.2, 0.25) is 0 Å². The van der Waals surface area contributed by atoms with Crippen LogP contribution in [0.3, 0.4) is 0 Å². The van der Waals surface area contributed by atoms with Crippen LogP contribution in [-0.4, -0.2) is 7.11 Å². The highest BCUT2D eigenvalue weighted by Gasteiger charge is 2.09. The first-order valence-corrected chi connectivity index (χ1v) is 4.63. The molecule has 0 saturated carbocycles. The van der Waals surface area contributed by atoms with Gasteiger partial charge in [0, 0.05) is 5.39 Å². The normalized spacial score (nSPS) is 10.9. The van der Waals surface area contributed by atoms with Gasteiger partial charge >= 0.3 is 0 Å². The van der Waals surface area contributed by atoms with Gasteiger partial charge in [0.25, 0.3) is 0 Å². The van der Waals surface area contributed by atoms with Gasteiger partial charge in [-0.15, -0.1) is 0 Å². The smallest absolute Gasteiger partial charge is 0.176 e. The van der Waals surface area contributed by atoms with Crippen LogP contribution in [-0.2, 0) is 11.4 Å². The lowest BCUT2D eigenvalue weighted by atomic mass is 10.1. The summed E-state index contributed by atoms with van der Waals surface area (Å²) in [6, 6.07) is 5.79. The van der Waals surface area contributed by atoms with Gasteiger partial charge < -0.3 is 9.15 Å². The fraction of sp³-hybridized carbons (Fsp3) is 0.273. The molecule has 0 amide bonds. The SMILES string of the molecule is COc1cc(CON)cc2cc(C)oc12. The van der Waals surface area contributed by atoms with Crippen LogP contribution in [0.15, 0.2) is 22.6 Å². The lowest BCUT2D eigenvalue weighted by molar-refractivity contribution is 0.124. The molecule has 0 aliphatic heterocycles. The number of nitrogens with two attached hydrogens (primary N) is 1. The number of benzene rings is 1. The number of fused-ring (bicyclic) bond motifs is 1. The zero-order valence-corrected chi connectivity index (χ0v) is 8.74. The highest BCUT2D eigenvalue weighted by molar-refractivity contribution is 5.84. The molecule has 0 spiro atoms. The molecule has 0 radical (unpaired) electrons. The van der Waals surface area contributed by atoms with Crippen molar-refractivity contribution in [2.45, 2.75) is 13.5 Å². The first-order valence-electron chi connectivity index (χ1n) is 4.63. The summed E-state index contributed by atoms with van der Waals surface area (Å²) in [5.74, 6) is 6.59. The summed E-state index contributed by atoms with van der Waals surface area (Å²) in [7, 11) is 1.61. The van der Waals surface area contributed by atoms with Gasteiger partial charge in [-0.3, -0.25) is 4.84 Å². The summed E-state index contributed by atoms with van der Waals surface area (Å²) in [6.45, 7) is 2.26. The van der Waals surface area contributed by atoms with E-state index in [2.05, 4.69) is 4.84 Å². The highest BCUT2D eigenvalue weighted by Crippen LogP contribution is 2.30. The standard InChI is InChI=1S/C11H13NO3/c1-7-3-9-4-8(6-14-12)5-10(13-2)11(9)15-7/h3-5H,6,12H2,1-2H3. The second-order valence-electron chi connectivity index (χ2n) is 3.38. The molecule has 0 bridgehead atoms. The predicted octanol–water partition coefficient (Wildman–Crippen LogP) is 2.14. The van der Waals surface area contributed by atoms with E-state index in [-0.39, 0.29) is 0 Å². The number of aryl methyl sites for hydroxylation is 1. The summed E-state index contributed by atoms with van der Waals surface area (Å²) in [6.07, 6.45) is 0. The van der Waals surface area contributed by atoms with E-state index in [0.29, 0.717) is 12.4 Å². The van der Waals surface area contributed by atoms with Crippen LogP contribution in [0, 0.1) is 6.92 Å². The van der Waals surface area contributed by atoms with Gasteiger partial charge in [-0.1, -0.05) is 0 Å². The minimum atomic E-state index is 0.358. The lowest BCUT2D eigenvalue weighted by Crippen LogP contribution is -1.99. The summed E-state index contributed by atoms with van der Waals surface area (Å²) < 4.78 is 10.8. The Kier molecular flexibility index (Phi) is 2.62. The van der Waals surface area contributed by atoms with E-state index >= 15 is 0 Å². The zero-order valence-electron chi connectivity index (χ0n) is 8.74. The summed E-state index contributed by atoms with van der Waals surface area (Å²) in [4.78, 5) is 4.60. The average molecular weight is 207 g/mol. The Morgan fingerprint density at radius 3 is 2.80 bits per heavy atom. The number of hydrogen-bond acceptors (Lipinski definition) is 4. The van der Waals surface area contributed by atoms with Crippen molar-refractivity contribution in [2.24, 2.45) is 5.90 Å². The maximum Gasteiger partial charge on any atom is 0.176 e. The second-order valence-corrected chi connectivity index (χ2v) is 3.38. The van der Waals surface area contributed by atoms with Crippen LogP contribution >= 0.6 is 0 Å². The van der Waals surface area contributed by atoms with Crippen molar-refractivity contribution in [3.05, 3.63) is 29.5 Å². The number of hydrogen-bond donors (Lipinski definition) is 1. The zero-order chi connectivity index (χ0) is 10.8. The van der Waals surface area contributed by atoms with Crippen molar-refractivity contribution in [1.29, 1.82) is 0 Å². The minimum absolute atomic E-state index is 0.358. The van der Waals surface area contributed by atoms with E-state index in [1.165, 1.54) is 0 Å². The van der Waals surface area contributed by atoms with Crippen molar-refractivity contribution in [2.75, 3.05) is 7.11 Å². The Bertz CT molecular complexity index is 476. The van der Waals surface area contributed by atoms with Crippen molar-refractivity contribution in [3.8, 4) is 5.75 Å². The molecule has 0 aliphatic rings. The molecule has 0 unspecified atom stereocenters. The molecule has 15 heavy (non-hydrogen) atoms. The predicted molar refractivity (Wildman–Crippen MR) is 56.5 cm³/mol. The van der Waals surface area contributed by atoms with Gasteiger partial charge in [-0.2, -0.15) is 0 Å². The molecule has 1 aromatic heterocycles. The Balaban J connectivity index is 2.59. The number of furan rings is 1. The summed E-state index contributed by atoms with van der Waals surface area (Å²) >= 11 is 0. The molecule has 0 atom stereocenters. The van der Waals surface area contributed by atoms with E-state index in [9.17, 15) is 0 Å². The van der Waals surface area contributed by atoms with Gasteiger partial charge in [-0.05, 0) is 30.7 Å². The molecule has 1 aromatic carbocycles. The summed E-state index contributed by atoms with van der Waals surface area (Å²) in [5, 5.41) is 0.999. The lowest BCUT2D eigenvalue weighted by Gasteiger charge is -2.04. The van der Waals surface area contributed by atoms with E-state index in [1.54, 1.807) is 7.11 Å². The van der Waals surface area contributed by atoms with Gasteiger partial charge in [-0.25, -0.2) is 5.90 Å². The molecule has 80 valence electrons. The van der Waals surface area contributed by atoms with Crippen molar-refractivity contribution in [1.82, 2.24) is 0 Å². The Morgan fingerprint density at radius 2 is 2.13 bits per heavy atom.